The number of methoxy groups -OCH3 is 1. The number of thiophene rings is 1. The van der Waals surface area contributed by atoms with Crippen LogP contribution in [0.2, 0.25) is 10.0 Å². The molecular weight excluding hydrogens is 519 g/mol. The van der Waals surface area contributed by atoms with E-state index in [0.717, 1.165) is 74.1 Å². The van der Waals surface area contributed by atoms with Crippen molar-refractivity contribution in [2.75, 3.05) is 14.2 Å². The minimum atomic E-state index is 0.377. The molecule has 0 saturated heterocycles. The van der Waals surface area contributed by atoms with Crippen LogP contribution < -0.4 is 10.1 Å². The van der Waals surface area contributed by atoms with Crippen LogP contribution >= 0.6 is 34.5 Å². The van der Waals surface area contributed by atoms with Crippen molar-refractivity contribution in [1.29, 1.82) is 0 Å². The maximum absolute atomic E-state index is 6.94. The Balaban J connectivity index is 1.52. The highest BCUT2D eigenvalue weighted by Gasteiger charge is 2.29. The van der Waals surface area contributed by atoms with Gasteiger partial charge in [0.15, 0.2) is 0 Å². The van der Waals surface area contributed by atoms with Crippen molar-refractivity contribution in [3.63, 3.8) is 0 Å². The Bertz CT molecular complexity index is 1390. The van der Waals surface area contributed by atoms with Crippen molar-refractivity contribution in [3.05, 3.63) is 93.8 Å². The summed E-state index contributed by atoms with van der Waals surface area (Å²) < 4.78 is 7.01. The van der Waals surface area contributed by atoms with Crippen molar-refractivity contribution in [2.45, 2.75) is 44.3 Å². The standard InChI is InChI=1S/C31H32Cl2N2OS/c1-20(31-30(33)27-6-4-5-7-29(27)37-31)35(26-15-13-25(34-2)14-16-26)19-23-18-22(10-17-28(23)36-3)21-8-11-24(32)12-9-21/h4-12,17-18,25-26,34H,1,13-16,19H2,2-3H3. The van der Waals surface area contributed by atoms with Crippen LogP contribution in [0.5, 0.6) is 5.75 Å². The molecule has 3 aromatic carbocycles. The number of nitrogens with zero attached hydrogens (tertiary/aromatic N) is 1. The lowest BCUT2D eigenvalue weighted by molar-refractivity contribution is 0.203. The van der Waals surface area contributed by atoms with E-state index >= 15 is 0 Å². The molecule has 1 heterocycles. The van der Waals surface area contributed by atoms with E-state index in [1.54, 1.807) is 18.4 Å². The summed E-state index contributed by atoms with van der Waals surface area (Å²) in [4.78, 5) is 3.51. The first kappa shape index (κ1) is 26.1. The fraction of sp³-hybridized carbons (Fsp3) is 0.290. The summed E-state index contributed by atoms with van der Waals surface area (Å²) in [5.41, 5.74) is 4.37. The summed E-state index contributed by atoms with van der Waals surface area (Å²) >= 11 is 14.8. The number of hydrogen-bond acceptors (Lipinski definition) is 4. The lowest BCUT2D eigenvalue weighted by atomic mass is 9.89. The fourth-order valence-corrected chi connectivity index (χ4v) is 7.01. The normalized spacial score (nSPS) is 17.6. The Labute approximate surface area is 233 Å². The van der Waals surface area contributed by atoms with Gasteiger partial charge in [0.05, 0.1) is 17.0 Å². The number of halogens is 2. The summed E-state index contributed by atoms with van der Waals surface area (Å²) in [6, 6.07) is 23.6. The predicted octanol–water partition coefficient (Wildman–Crippen LogP) is 8.89. The molecule has 0 spiro atoms. The van der Waals surface area contributed by atoms with E-state index in [4.69, 9.17) is 27.9 Å². The van der Waals surface area contributed by atoms with Gasteiger partial charge in [0.1, 0.15) is 5.75 Å². The molecule has 6 heteroatoms. The molecule has 0 atom stereocenters. The first-order valence-electron chi connectivity index (χ1n) is 12.7. The van der Waals surface area contributed by atoms with Crippen molar-refractivity contribution in [2.24, 2.45) is 0 Å². The summed E-state index contributed by atoms with van der Waals surface area (Å²) in [7, 11) is 3.80. The van der Waals surface area contributed by atoms with Gasteiger partial charge in [0, 0.05) is 45.0 Å². The second kappa shape index (κ2) is 11.5. The van der Waals surface area contributed by atoms with E-state index in [0.29, 0.717) is 18.6 Å². The first-order chi connectivity index (χ1) is 18.0. The molecule has 1 aliphatic carbocycles. The van der Waals surface area contributed by atoms with Gasteiger partial charge in [0.2, 0.25) is 0 Å². The molecule has 0 bridgehead atoms. The van der Waals surface area contributed by atoms with Gasteiger partial charge in [-0.3, -0.25) is 0 Å². The third-order valence-electron chi connectivity index (χ3n) is 7.49. The molecule has 0 amide bonds. The highest BCUT2D eigenvalue weighted by Crippen LogP contribution is 2.42. The molecule has 0 unspecified atom stereocenters. The Hall–Kier alpha value is -2.50. The highest BCUT2D eigenvalue weighted by atomic mass is 35.5. The number of ether oxygens (including phenoxy) is 1. The summed E-state index contributed by atoms with van der Waals surface area (Å²) in [6.07, 6.45) is 4.50. The first-order valence-corrected chi connectivity index (χ1v) is 14.3. The van der Waals surface area contributed by atoms with E-state index in [2.05, 4.69) is 72.4 Å². The van der Waals surface area contributed by atoms with Gasteiger partial charge < -0.3 is 15.0 Å². The van der Waals surface area contributed by atoms with E-state index in [1.165, 1.54) is 4.70 Å². The van der Waals surface area contributed by atoms with Crippen molar-refractivity contribution >= 4 is 50.3 Å². The van der Waals surface area contributed by atoms with E-state index in [9.17, 15) is 0 Å². The van der Waals surface area contributed by atoms with Gasteiger partial charge >= 0.3 is 0 Å². The van der Waals surface area contributed by atoms with Gasteiger partial charge in [-0.2, -0.15) is 0 Å². The van der Waals surface area contributed by atoms with Gasteiger partial charge in [-0.1, -0.05) is 66.2 Å². The summed E-state index contributed by atoms with van der Waals surface area (Å²) in [6.45, 7) is 5.32. The molecule has 1 N–H and O–H groups in total. The molecule has 37 heavy (non-hydrogen) atoms. The van der Waals surface area contributed by atoms with Crippen LogP contribution in [-0.4, -0.2) is 31.1 Å². The van der Waals surface area contributed by atoms with Gasteiger partial charge in [-0.05, 0) is 74.2 Å². The van der Waals surface area contributed by atoms with Crippen LogP contribution in [0, 0.1) is 0 Å². The minimum Gasteiger partial charge on any atom is -0.496 e. The molecular formula is C31H32Cl2N2OS. The molecule has 1 aromatic heterocycles. The zero-order valence-corrected chi connectivity index (χ0v) is 23.6. The molecule has 1 fully saturated rings. The zero-order valence-electron chi connectivity index (χ0n) is 21.3. The number of hydrogen-bond donors (Lipinski definition) is 1. The quantitative estimate of drug-likeness (QED) is 0.237. The van der Waals surface area contributed by atoms with Crippen molar-refractivity contribution in [1.82, 2.24) is 10.2 Å². The average molecular weight is 552 g/mol. The third kappa shape index (κ3) is 5.53. The number of benzene rings is 3. The van der Waals surface area contributed by atoms with Crippen molar-refractivity contribution < 1.29 is 4.74 Å². The molecule has 1 aliphatic rings. The number of rotatable bonds is 8. The van der Waals surface area contributed by atoms with Crippen LogP contribution in [0.3, 0.4) is 0 Å². The molecule has 0 aliphatic heterocycles. The summed E-state index contributed by atoms with van der Waals surface area (Å²) in [5, 5.41) is 6.08. The number of nitrogens with one attached hydrogen (secondary N) is 1. The molecule has 5 rings (SSSR count). The third-order valence-corrected chi connectivity index (χ3v) is 9.46. The topological polar surface area (TPSA) is 24.5 Å². The lowest BCUT2D eigenvalue weighted by Crippen LogP contribution is -2.40. The van der Waals surface area contributed by atoms with Crippen LogP contribution in [0.15, 0.2) is 73.3 Å². The SMILES string of the molecule is C=C(c1sc2ccccc2c1Cl)N(Cc1cc(-c2ccc(Cl)cc2)ccc1OC)C1CCC(NC)CC1. The molecule has 4 aromatic rings. The summed E-state index contributed by atoms with van der Waals surface area (Å²) in [5.74, 6) is 0.877. The van der Waals surface area contributed by atoms with Gasteiger partial charge in [-0.15, -0.1) is 11.3 Å². The predicted molar refractivity (Wildman–Crippen MR) is 160 cm³/mol. The van der Waals surface area contributed by atoms with E-state index in [1.807, 2.05) is 18.2 Å². The molecule has 192 valence electrons. The van der Waals surface area contributed by atoms with Crippen LogP contribution in [0.4, 0.5) is 0 Å². The molecule has 3 nitrogen and oxygen atoms in total. The van der Waals surface area contributed by atoms with E-state index in [-0.39, 0.29) is 0 Å². The Morgan fingerprint density at radius 3 is 2.38 bits per heavy atom. The Kier molecular flexibility index (Phi) is 8.11. The van der Waals surface area contributed by atoms with Crippen LogP contribution in [-0.2, 0) is 6.54 Å². The second-order valence-electron chi connectivity index (χ2n) is 9.64. The Morgan fingerprint density at radius 2 is 1.70 bits per heavy atom. The maximum atomic E-state index is 6.94. The second-order valence-corrected chi connectivity index (χ2v) is 11.5. The number of fused-ring (bicyclic) bond motifs is 1. The smallest absolute Gasteiger partial charge is 0.123 e. The lowest BCUT2D eigenvalue weighted by Gasteiger charge is -2.39. The van der Waals surface area contributed by atoms with Crippen LogP contribution in [0.25, 0.3) is 26.9 Å². The van der Waals surface area contributed by atoms with Gasteiger partial charge in [0.25, 0.3) is 0 Å². The monoisotopic (exact) mass is 550 g/mol. The van der Waals surface area contributed by atoms with Crippen molar-refractivity contribution in [3.8, 4) is 16.9 Å². The van der Waals surface area contributed by atoms with Gasteiger partial charge in [-0.25, -0.2) is 0 Å². The zero-order chi connectivity index (χ0) is 25.9. The fourth-order valence-electron chi connectivity index (χ4n) is 5.36. The minimum absolute atomic E-state index is 0.377. The average Bonchev–Trinajstić information content (AvgIpc) is 3.28. The van der Waals surface area contributed by atoms with Crippen LogP contribution in [0.1, 0.15) is 36.1 Å². The largest absolute Gasteiger partial charge is 0.496 e. The van der Waals surface area contributed by atoms with E-state index < -0.39 is 0 Å². The molecule has 1 saturated carbocycles. The highest BCUT2D eigenvalue weighted by molar-refractivity contribution is 7.20. The Morgan fingerprint density at radius 1 is 1.00 bits per heavy atom. The maximum Gasteiger partial charge on any atom is 0.123 e. The molecule has 0 radical (unpaired) electrons.